The van der Waals surface area contributed by atoms with Gasteiger partial charge in [0.1, 0.15) is 0 Å². The topological polar surface area (TPSA) is 21.3 Å². The second-order valence-corrected chi connectivity index (χ2v) is 4.85. The van der Waals surface area contributed by atoms with Gasteiger partial charge < -0.3 is 10.1 Å². The van der Waals surface area contributed by atoms with Crippen molar-refractivity contribution in [3.8, 4) is 0 Å². The van der Waals surface area contributed by atoms with E-state index in [0.29, 0.717) is 0 Å². The van der Waals surface area contributed by atoms with Gasteiger partial charge in [-0.3, -0.25) is 0 Å². The van der Waals surface area contributed by atoms with Crippen molar-refractivity contribution in [2.75, 3.05) is 12.4 Å². The van der Waals surface area contributed by atoms with Crippen LogP contribution >= 0.6 is 0 Å². The van der Waals surface area contributed by atoms with Gasteiger partial charge in [-0.15, -0.1) is 0 Å². The van der Waals surface area contributed by atoms with Crippen LogP contribution in [0.5, 0.6) is 0 Å². The minimum Gasteiger partial charge on any atom is -0.379 e. The average Bonchev–Trinajstić information content (AvgIpc) is 2.39. The maximum absolute atomic E-state index is 12.9. The number of benzene rings is 1. The minimum absolute atomic E-state index is 0.0185. The van der Waals surface area contributed by atoms with Crippen molar-refractivity contribution in [3.05, 3.63) is 29.8 Å². The van der Waals surface area contributed by atoms with E-state index < -0.39 is 11.7 Å². The number of ether oxygens (including phenoxy) is 1. The van der Waals surface area contributed by atoms with Gasteiger partial charge in [-0.2, -0.15) is 13.2 Å². The zero-order valence-corrected chi connectivity index (χ0v) is 10.8. The third-order valence-electron chi connectivity index (χ3n) is 3.58. The number of para-hydroxylation sites is 1. The molecule has 0 saturated heterocycles. The van der Waals surface area contributed by atoms with Crippen molar-refractivity contribution < 1.29 is 17.9 Å². The number of rotatable bonds is 3. The van der Waals surface area contributed by atoms with Crippen LogP contribution in [0.15, 0.2) is 24.3 Å². The molecule has 1 N–H and O–H groups in total. The van der Waals surface area contributed by atoms with Crippen LogP contribution in [-0.4, -0.2) is 19.3 Å². The summed E-state index contributed by atoms with van der Waals surface area (Å²) in [6.07, 6.45) is -0.535. The maximum atomic E-state index is 12.9. The van der Waals surface area contributed by atoms with Crippen molar-refractivity contribution in [1.29, 1.82) is 0 Å². The first kappa shape index (κ1) is 14.2. The number of hydrogen-bond donors (Lipinski definition) is 1. The van der Waals surface area contributed by atoms with Crippen molar-refractivity contribution in [1.82, 2.24) is 0 Å². The lowest BCUT2D eigenvalue weighted by Crippen LogP contribution is -2.38. The summed E-state index contributed by atoms with van der Waals surface area (Å²) in [4.78, 5) is 0. The molecule has 0 aliphatic heterocycles. The lowest BCUT2D eigenvalue weighted by molar-refractivity contribution is -0.137. The number of hydrogen-bond acceptors (Lipinski definition) is 2. The zero-order chi connectivity index (χ0) is 13.9. The van der Waals surface area contributed by atoms with Crippen LogP contribution in [0.3, 0.4) is 0 Å². The standard InChI is InChI=1S/C14H18F3NO/c1-19-13-9-5-4-8-12(13)18-11-7-3-2-6-10(11)14(15,16)17/h2-3,6-7,12-13,18H,4-5,8-9H2,1H3. The molecule has 2 unspecified atom stereocenters. The highest BCUT2D eigenvalue weighted by atomic mass is 19.4. The monoisotopic (exact) mass is 273 g/mol. The molecule has 1 saturated carbocycles. The van der Waals surface area contributed by atoms with Crippen LogP contribution < -0.4 is 5.32 Å². The Morgan fingerprint density at radius 3 is 2.53 bits per heavy atom. The van der Waals surface area contributed by atoms with E-state index in [9.17, 15) is 13.2 Å². The van der Waals surface area contributed by atoms with E-state index in [2.05, 4.69) is 5.32 Å². The lowest BCUT2D eigenvalue weighted by Gasteiger charge is -2.32. The Kier molecular flexibility index (Phi) is 4.34. The first-order valence-corrected chi connectivity index (χ1v) is 6.48. The van der Waals surface area contributed by atoms with E-state index in [0.717, 1.165) is 31.7 Å². The molecule has 0 heterocycles. The first-order valence-electron chi connectivity index (χ1n) is 6.48. The van der Waals surface area contributed by atoms with Crippen molar-refractivity contribution in [2.45, 2.75) is 44.0 Å². The van der Waals surface area contributed by atoms with Crippen LogP contribution in [0.25, 0.3) is 0 Å². The summed E-state index contributed by atoms with van der Waals surface area (Å²) in [6.45, 7) is 0. The number of methoxy groups -OCH3 is 1. The van der Waals surface area contributed by atoms with Gasteiger partial charge in [-0.1, -0.05) is 25.0 Å². The fourth-order valence-corrected chi connectivity index (χ4v) is 2.60. The molecule has 0 bridgehead atoms. The first-order chi connectivity index (χ1) is 9.02. The Balaban J connectivity index is 2.18. The van der Waals surface area contributed by atoms with E-state index in [-0.39, 0.29) is 17.8 Å². The van der Waals surface area contributed by atoms with Crippen LogP contribution in [0.4, 0.5) is 18.9 Å². The molecule has 0 spiro atoms. The maximum Gasteiger partial charge on any atom is 0.418 e. The molecular weight excluding hydrogens is 255 g/mol. The molecule has 2 nitrogen and oxygen atoms in total. The highest BCUT2D eigenvalue weighted by Crippen LogP contribution is 2.36. The molecule has 2 atom stereocenters. The summed E-state index contributed by atoms with van der Waals surface area (Å²) < 4.78 is 44.1. The Bertz CT molecular complexity index is 419. The molecule has 0 radical (unpaired) electrons. The van der Waals surface area contributed by atoms with Gasteiger partial charge in [0.2, 0.25) is 0 Å². The van der Waals surface area contributed by atoms with Crippen LogP contribution in [0, 0.1) is 0 Å². The minimum atomic E-state index is -4.33. The van der Waals surface area contributed by atoms with E-state index in [4.69, 9.17) is 4.74 Å². The molecule has 0 amide bonds. The van der Waals surface area contributed by atoms with Crippen LogP contribution in [0.1, 0.15) is 31.2 Å². The van der Waals surface area contributed by atoms with E-state index in [1.165, 1.54) is 12.1 Å². The third kappa shape index (κ3) is 3.41. The highest BCUT2D eigenvalue weighted by Gasteiger charge is 2.34. The van der Waals surface area contributed by atoms with E-state index in [1.54, 1.807) is 13.2 Å². The highest BCUT2D eigenvalue weighted by molar-refractivity contribution is 5.53. The van der Waals surface area contributed by atoms with Crippen LogP contribution in [0.2, 0.25) is 0 Å². The number of anilines is 1. The van der Waals surface area contributed by atoms with Crippen LogP contribution in [-0.2, 0) is 10.9 Å². The van der Waals surface area contributed by atoms with Gasteiger partial charge in [-0.25, -0.2) is 0 Å². The van der Waals surface area contributed by atoms with Crippen molar-refractivity contribution >= 4 is 5.69 Å². The van der Waals surface area contributed by atoms with Gasteiger partial charge in [-0.05, 0) is 25.0 Å². The Morgan fingerprint density at radius 2 is 1.84 bits per heavy atom. The molecule has 19 heavy (non-hydrogen) atoms. The fraction of sp³-hybridized carbons (Fsp3) is 0.571. The Hall–Kier alpha value is -1.23. The molecular formula is C14H18F3NO. The zero-order valence-electron chi connectivity index (χ0n) is 10.8. The van der Waals surface area contributed by atoms with Gasteiger partial charge in [0, 0.05) is 12.8 Å². The summed E-state index contributed by atoms with van der Waals surface area (Å²) >= 11 is 0. The quantitative estimate of drug-likeness (QED) is 0.896. The summed E-state index contributed by atoms with van der Waals surface area (Å²) in [5, 5.41) is 3.01. The molecule has 5 heteroatoms. The molecule has 1 fully saturated rings. The van der Waals surface area contributed by atoms with Crippen molar-refractivity contribution in [3.63, 3.8) is 0 Å². The lowest BCUT2D eigenvalue weighted by atomic mass is 9.92. The normalized spacial score (nSPS) is 24.2. The molecule has 2 rings (SSSR count). The van der Waals surface area contributed by atoms with Gasteiger partial charge in [0.05, 0.1) is 17.7 Å². The largest absolute Gasteiger partial charge is 0.418 e. The Labute approximate surface area is 111 Å². The second-order valence-electron chi connectivity index (χ2n) is 4.85. The van der Waals surface area contributed by atoms with Gasteiger partial charge in [0.25, 0.3) is 0 Å². The third-order valence-corrected chi connectivity index (χ3v) is 3.58. The SMILES string of the molecule is COC1CCCCC1Nc1ccccc1C(F)(F)F. The summed E-state index contributed by atoms with van der Waals surface area (Å²) in [6, 6.07) is 5.55. The molecule has 1 aromatic rings. The summed E-state index contributed by atoms with van der Waals surface area (Å²) in [5.41, 5.74) is -0.473. The second kappa shape index (κ2) is 5.82. The predicted molar refractivity (Wildman–Crippen MR) is 68.1 cm³/mol. The Morgan fingerprint density at radius 1 is 1.16 bits per heavy atom. The van der Waals surface area contributed by atoms with E-state index in [1.807, 2.05) is 0 Å². The predicted octanol–water partition coefficient (Wildman–Crippen LogP) is 4.07. The molecule has 1 aliphatic carbocycles. The molecule has 106 valence electrons. The summed E-state index contributed by atoms with van der Waals surface area (Å²) in [5.74, 6) is 0. The van der Waals surface area contributed by atoms with Gasteiger partial charge in [0.15, 0.2) is 0 Å². The summed E-state index contributed by atoms with van der Waals surface area (Å²) in [7, 11) is 1.61. The number of nitrogens with one attached hydrogen (secondary N) is 1. The fourth-order valence-electron chi connectivity index (χ4n) is 2.60. The van der Waals surface area contributed by atoms with Gasteiger partial charge >= 0.3 is 6.18 Å². The number of alkyl halides is 3. The molecule has 0 aromatic heterocycles. The van der Waals surface area contributed by atoms with E-state index >= 15 is 0 Å². The van der Waals surface area contributed by atoms with Crippen molar-refractivity contribution in [2.24, 2.45) is 0 Å². The average molecular weight is 273 g/mol. The smallest absolute Gasteiger partial charge is 0.379 e. The number of halogens is 3. The molecule has 1 aromatic carbocycles. The molecule has 1 aliphatic rings.